The van der Waals surface area contributed by atoms with Gasteiger partial charge in [0.05, 0.1) is 0 Å². The van der Waals surface area contributed by atoms with Gasteiger partial charge in [-0.25, -0.2) is 0 Å². The van der Waals surface area contributed by atoms with Crippen LogP contribution in [0.5, 0.6) is 0 Å². The summed E-state index contributed by atoms with van der Waals surface area (Å²) in [5.41, 5.74) is 0. The Balaban J connectivity index is 0. The van der Waals surface area contributed by atoms with Crippen LogP contribution in [0.3, 0.4) is 0 Å². The first-order valence-electron chi connectivity index (χ1n) is 0. The normalized spacial score (nSPS) is 0. The Morgan fingerprint density at radius 3 is 1.20 bits per heavy atom. The first-order valence-corrected chi connectivity index (χ1v) is 0. The summed E-state index contributed by atoms with van der Waals surface area (Å²) >= 11 is 0. The quantitative estimate of drug-likeness (QED) is 0.416. The molecule has 0 spiro atoms. The van der Waals surface area contributed by atoms with E-state index in [2.05, 4.69) is 0 Å². The van der Waals surface area contributed by atoms with Crippen LogP contribution in [0.4, 0.5) is 0 Å². The van der Waals surface area contributed by atoms with E-state index in [1.165, 1.54) is 0 Å². The molecule has 0 bridgehead atoms. The van der Waals surface area contributed by atoms with Crippen molar-refractivity contribution >= 4 is 66.1 Å². The van der Waals surface area contributed by atoms with Gasteiger partial charge in [-0.05, 0) is 11.0 Å². The third kappa shape index (κ3) is 19.0. The van der Waals surface area contributed by atoms with Gasteiger partial charge < -0.3 is 2.85 Å². The molecular weight excluding hydrogens is 337 g/mol. The fraction of sp³-hybridized carbons (Fsp3) is 0. The van der Waals surface area contributed by atoms with Gasteiger partial charge in [-0.2, -0.15) is 0 Å². The average molecular weight is 346 g/mol. The van der Waals surface area contributed by atoms with Crippen LogP contribution in [0.15, 0.2) is 0 Å². The van der Waals surface area contributed by atoms with Gasteiger partial charge in [-0.15, -0.1) is 0 Å². The van der Waals surface area contributed by atoms with Crippen molar-refractivity contribution in [3.8, 4) is 0 Å². The van der Waals surface area contributed by atoms with Gasteiger partial charge in [-0.1, -0.05) is 0 Å². The molecule has 0 nitrogen and oxygen atoms in total. The van der Waals surface area contributed by atoms with Crippen LogP contribution in [0.2, 0.25) is 0 Å². The van der Waals surface area contributed by atoms with Crippen LogP contribution >= 0.6 is 0 Å². The number of hydrogen-bond acceptors (Lipinski definition) is 0. The molecule has 33 valence electrons. The molecular formula is H9AlCaFeReSi. The van der Waals surface area contributed by atoms with Crippen molar-refractivity contribution in [1.82, 2.24) is 0 Å². The van der Waals surface area contributed by atoms with E-state index in [1.807, 2.05) is 0 Å². The molecule has 0 aromatic heterocycles. The zero-order valence-corrected chi connectivity index (χ0v) is 7.47. The summed E-state index contributed by atoms with van der Waals surface area (Å²) in [5, 5.41) is 0. The Bertz CT molecular complexity index is 17.7. The molecule has 5 heavy (non-hydrogen) atoms. The van der Waals surface area contributed by atoms with Crippen LogP contribution < -0.4 is 0 Å². The summed E-state index contributed by atoms with van der Waals surface area (Å²) in [6, 6.07) is 0. The Labute approximate surface area is 104 Å². The number of hydrogen-bond donors (Lipinski definition) is 0. The smallest absolute Gasteiger partial charge is 1.00 e. The van der Waals surface area contributed by atoms with E-state index in [1.54, 1.807) is 0 Å². The van der Waals surface area contributed by atoms with Crippen molar-refractivity contribution in [3.05, 3.63) is 0 Å². The van der Waals surface area contributed by atoms with Gasteiger partial charge in [-0.3, -0.25) is 0 Å². The van der Waals surface area contributed by atoms with Crippen molar-refractivity contribution in [1.29, 1.82) is 0 Å². The van der Waals surface area contributed by atoms with Crippen molar-refractivity contribution in [2.45, 2.75) is 0 Å². The van der Waals surface area contributed by atoms with Gasteiger partial charge >= 0.3 is 37.7 Å². The van der Waals surface area contributed by atoms with Gasteiger partial charge in [0.2, 0.25) is 0 Å². The van der Waals surface area contributed by atoms with Gasteiger partial charge in [0.25, 0.3) is 0 Å². The van der Waals surface area contributed by atoms with Gasteiger partial charge in [0, 0.05) is 37.5 Å². The fourth-order valence-electron chi connectivity index (χ4n) is 0. The summed E-state index contributed by atoms with van der Waals surface area (Å²) in [6.45, 7) is 0. The van der Waals surface area contributed by atoms with Crippen LogP contribution in [0.1, 0.15) is 2.85 Å². The molecule has 0 aliphatic carbocycles. The maximum absolute atomic E-state index is 0. The van der Waals surface area contributed by atoms with Crippen molar-refractivity contribution in [3.63, 3.8) is 0 Å². The topological polar surface area (TPSA) is 0 Å². The largest absolute Gasteiger partial charge is 2.00 e. The summed E-state index contributed by atoms with van der Waals surface area (Å²) in [7, 11) is 0. The minimum absolute atomic E-state index is 0. The van der Waals surface area contributed by atoms with E-state index in [-0.39, 0.29) is 106 Å². The first-order chi connectivity index (χ1) is 0. The Morgan fingerprint density at radius 2 is 1.20 bits per heavy atom. The van der Waals surface area contributed by atoms with E-state index in [0.29, 0.717) is 0 Å². The van der Waals surface area contributed by atoms with E-state index in [9.17, 15) is 0 Å². The summed E-state index contributed by atoms with van der Waals surface area (Å²) < 4.78 is 0. The van der Waals surface area contributed by atoms with Gasteiger partial charge in [0.15, 0.2) is 17.4 Å². The molecule has 0 aliphatic heterocycles. The maximum Gasteiger partial charge on any atom is 2.00 e. The van der Waals surface area contributed by atoms with Crippen LogP contribution in [0.25, 0.3) is 0 Å². The maximum atomic E-state index is 0. The molecule has 0 heterocycles. The first kappa shape index (κ1) is 41.6. The third-order valence-electron chi connectivity index (χ3n) is 0. The van der Waals surface area contributed by atoms with Gasteiger partial charge in [0.1, 0.15) is 0 Å². The second-order valence-electron chi connectivity index (χ2n) is 0. The van der Waals surface area contributed by atoms with Crippen LogP contribution in [-0.4, -0.2) is 66.1 Å². The molecule has 1 radical (unpaired) electrons. The summed E-state index contributed by atoms with van der Waals surface area (Å²) in [4.78, 5) is 0. The second kappa shape index (κ2) is 27.1. The molecule has 0 aromatic rings. The summed E-state index contributed by atoms with van der Waals surface area (Å²) in [5.74, 6) is 0. The molecule has 5 heteroatoms. The minimum atomic E-state index is 0. The molecule has 0 saturated carbocycles. The predicted molar refractivity (Wildman–Crippen MR) is 29.3 cm³/mol. The van der Waals surface area contributed by atoms with Crippen LogP contribution in [-0.2, 0) is 37.5 Å². The van der Waals surface area contributed by atoms with Crippen molar-refractivity contribution < 1.29 is 40.3 Å². The third-order valence-corrected chi connectivity index (χ3v) is 0. The van der Waals surface area contributed by atoms with E-state index >= 15 is 0 Å². The van der Waals surface area contributed by atoms with Crippen LogP contribution in [0, 0.1) is 0 Å². The monoisotopic (exact) mass is 347 g/mol. The average Bonchev–Trinajstić information content (AvgIpc) is 0. The van der Waals surface area contributed by atoms with E-state index in [0.717, 1.165) is 0 Å². The zero-order valence-electron chi connectivity index (χ0n) is 3.44. The Kier molecular flexibility index (Phi) is 225. The SMILES string of the molecule is [AlH3].[Ca+2].[Fe].[H-].[H-].[Re].[SiH4]. The molecule has 0 N–H and O–H groups in total. The molecule has 0 atom stereocenters. The Morgan fingerprint density at radius 1 is 1.20 bits per heavy atom. The molecule has 0 saturated heterocycles. The molecule has 0 fully saturated rings. The molecule has 0 aromatic carbocycles. The molecule has 0 aliphatic rings. The summed E-state index contributed by atoms with van der Waals surface area (Å²) in [6.07, 6.45) is 0. The number of rotatable bonds is 0. The Hall–Kier alpha value is 3.19. The van der Waals surface area contributed by atoms with E-state index in [4.69, 9.17) is 0 Å². The van der Waals surface area contributed by atoms with E-state index < -0.39 is 0 Å². The predicted octanol–water partition coefficient (Wildman–Crippen LogP) is -2.80. The van der Waals surface area contributed by atoms with Crippen molar-refractivity contribution in [2.75, 3.05) is 0 Å². The van der Waals surface area contributed by atoms with Crippen molar-refractivity contribution in [2.24, 2.45) is 0 Å². The zero-order chi connectivity index (χ0) is 0. The fourth-order valence-corrected chi connectivity index (χ4v) is 0. The molecule has 0 amide bonds. The minimum Gasteiger partial charge on any atom is -1.00 e. The standard InChI is InChI=1S/Al.Ca.Fe.Re.H4Si.5H/h;;;;1H4;;;;;/q;+2;;;;;;;2*-1. The second-order valence-corrected chi connectivity index (χ2v) is 0. The molecule has 0 rings (SSSR count). The molecule has 0 unspecified atom stereocenters.